The highest BCUT2D eigenvalue weighted by atomic mass is 19.1. The van der Waals surface area contributed by atoms with Crippen molar-refractivity contribution in [2.75, 3.05) is 18.0 Å². The molecule has 1 saturated heterocycles. The molecule has 1 unspecified atom stereocenters. The number of halogens is 1. The minimum absolute atomic E-state index is 0.0768. The fourth-order valence-corrected chi connectivity index (χ4v) is 4.06. The van der Waals surface area contributed by atoms with E-state index < -0.39 is 11.9 Å². The number of rotatable bonds is 6. The summed E-state index contributed by atoms with van der Waals surface area (Å²) in [5.74, 6) is -0.394. The van der Waals surface area contributed by atoms with Crippen LogP contribution in [0.2, 0.25) is 0 Å². The van der Waals surface area contributed by atoms with Gasteiger partial charge in [0, 0.05) is 38.2 Å². The third-order valence-corrected chi connectivity index (χ3v) is 5.65. The van der Waals surface area contributed by atoms with E-state index in [2.05, 4.69) is 26.6 Å². The van der Waals surface area contributed by atoms with Gasteiger partial charge in [-0.15, -0.1) is 0 Å². The van der Waals surface area contributed by atoms with Gasteiger partial charge in [0.1, 0.15) is 23.7 Å². The second-order valence-corrected chi connectivity index (χ2v) is 8.21. The molecular formula is C24H28FN5O2. The predicted molar refractivity (Wildman–Crippen MR) is 120 cm³/mol. The lowest BCUT2D eigenvalue weighted by atomic mass is 10.0. The lowest BCUT2D eigenvalue weighted by molar-refractivity contribution is -0.128. The number of anilines is 1. The molecule has 32 heavy (non-hydrogen) atoms. The third-order valence-electron chi connectivity index (χ3n) is 5.65. The Morgan fingerprint density at radius 1 is 1.28 bits per heavy atom. The summed E-state index contributed by atoms with van der Waals surface area (Å²) >= 11 is 0. The molecule has 2 amide bonds. The van der Waals surface area contributed by atoms with Gasteiger partial charge < -0.3 is 15.5 Å². The van der Waals surface area contributed by atoms with Crippen molar-refractivity contribution >= 4 is 17.6 Å². The van der Waals surface area contributed by atoms with Gasteiger partial charge in [-0.2, -0.15) is 5.26 Å². The van der Waals surface area contributed by atoms with Gasteiger partial charge in [-0.1, -0.05) is 18.2 Å². The molecule has 2 aromatic rings. The smallest absolute Gasteiger partial charge is 0.243 e. The standard InChI is InChI=1S/C24H28FN5O2/c1-15-12-16(2)27-23(20(15)14-26)30-10-8-19(9-11-30)29-24(32)22(28-17(3)31)13-18-6-4-5-7-21(18)25/h4-7,12,19,22H,8-11,13H2,1-3H3,(H,28,31)(H,29,32). The van der Waals surface area contributed by atoms with Crippen LogP contribution < -0.4 is 15.5 Å². The Kier molecular flexibility index (Phi) is 7.41. The Hall–Kier alpha value is -3.47. The lowest BCUT2D eigenvalue weighted by Gasteiger charge is -2.34. The number of hydrogen-bond acceptors (Lipinski definition) is 5. The summed E-state index contributed by atoms with van der Waals surface area (Å²) in [6.07, 6.45) is 1.44. The summed E-state index contributed by atoms with van der Waals surface area (Å²) < 4.78 is 14.1. The number of aromatic nitrogens is 1. The third kappa shape index (κ3) is 5.61. The molecule has 3 rings (SSSR count). The van der Waals surface area contributed by atoms with Crippen molar-refractivity contribution in [1.29, 1.82) is 5.26 Å². The van der Waals surface area contributed by atoms with Crippen molar-refractivity contribution in [2.45, 2.75) is 52.1 Å². The van der Waals surface area contributed by atoms with Crippen LogP contribution in [0.5, 0.6) is 0 Å². The van der Waals surface area contributed by atoms with Crippen molar-refractivity contribution in [3.63, 3.8) is 0 Å². The number of nitriles is 1. The topological polar surface area (TPSA) is 98.1 Å². The first-order valence-corrected chi connectivity index (χ1v) is 10.7. The number of hydrogen-bond donors (Lipinski definition) is 2. The summed E-state index contributed by atoms with van der Waals surface area (Å²) in [5, 5.41) is 15.2. The Morgan fingerprint density at radius 3 is 2.59 bits per heavy atom. The normalized spacial score (nSPS) is 15.0. The molecule has 1 aliphatic heterocycles. The number of piperidine rings is 1. The van der Waals surface area contributed by atoms with E-state index in [1.165, 1.54) is 13.0 Å². The molecule has 2 N–H and O–H groups in total. The van der Waals surface area contributed by atoms with Gasteiger partial charge in [-0.25, -0.2) is 9.37 Å². The molecule has 0 bridgehead atoms. The van der Waals surface area contributed by atoms with E-state index in [-0.39, 0.29) is 24.3 Å². The number of nitrogens with zero attached hydrogens (tertiary/aromatic N) is 3. The average molecular weight is 438 g/mol. The van der Waals surface area contributed by atoms with Crippen LogP contribution in [0.1, 0.15) is 42.1 Å². The molecule has 1 aromatic carbocycles. The Morgan fingerprint density at radius 2 is 1.97 bits per heavy atom. The number of carbonyl (C=O) groups excluding carboxylic acids is 2. The number of carbonyl (C=O) groups is 2. The molecular weight excluding hydrogens is 409 g/mol. The van der Waals surface area contributed by atoms with E-state index in [0.29, 0.717) is 42.9 Å². The highest BCUT2D eigenvalue weighted by Crippen LogP contribution is 2.25. The average Bonchev–Trinajstić information content (AvgIpc) is 2.74. The van der Waals surface area contributed by atoms with E-state index in [1.54, 1.807) is 18.2 Å². The van der Waals surface area contributed by atoms with E-state index in [0.717, 1.165) is 11.3 Å². The molecule has 0 aliphatic carbocycles. The highest BCUT2D eigenvalue weighted by Gasteiger charge is 2.27. The minimum Gasteiger partial charge on any atom is -0.355 e. The second-order valence-electron chi connectivity index (χ2n) is 8.21. The van der Waals surface area contributed by atoms with Crippen LogP contribution in [0.4, 0.5) is 10.2 Å². The van der Waals surface area contributed by atoms with Crippen LogP contribution in [0.15, 0.2) is 30.3 Å². The Labute approximate surface area is 187 Å². The van der Waals surface area contributed by atoms with E-state index in [1.807, 2.05) is 19.9 Å². The van der Waals surface area contributed by atoms with Gasteiger partial charge in [-0.3, -0.25) is 9.59 Å². The van der Waals surface area contributed by atoms with Crippen LogP contribution in [0.3, 0.4) is 0 Å². The van der Waals surface area contributed by atoms with Crippen molar-refractivity contribution in [3.8, 4) is 6.07 Å². The van der Waals surface area contributed by atoms with Gasteiger partial charge >= 0.3 is 0 Å². The number of aryl methyl sites for hydroxylation is 2. The number of amides is 2. The highest BCUT2D eigenvalue weighted by molar-refractivity contribution is 5.87. The molecule has 168 valence electrons. The first kappa shape index (κ1) is 23.2. The van der Waals surface area contributed by atoms with Crippen molar-refractivity contribution in [2.24, 2.45) is 0 Å². The molecule has 1 aliphatic rings. The fourth-order valence-electron chi connectivity index (χ4n) is 4.06. The summed E-state index contributed by atoms with van der Waals surface area (Å²) in [6.45, 7) is 6.44. The zero-order valence-electron chi connectivity index (χ0n) is 18.6. The summed E-state index contributed by atoms with van der Waals surface area (Å²) in [7, 11) is 0. The van der Waals surface area contributed by atoms with E-state index >= 15 is 0 Å². The summed E-state index contributed by atoms with van der Waals surface area (Å²) in [4.78, 5) is 31.1. The summed E-state index contributed by atoms with van der Waals surface area (Å²) in [6, 6.07) is 9.45. The van der Waals surface area contributed by atoms with Crippen molar-refractivity contribution in [3.05, 3.63) is 58.5 Å². The fraction of sp³-hybridized carbons (Fsp3) is 0.417. The number of benzene rings is 1. The van der Waals surface area contributed by atoms with Gasteiger partial charge in [0.15, 0.2) is 0 Å². The van der Waals surface area contributed by atoms with Gasteiger partial charge in [0.2, 0.25) is 11.8 Å². The molecule has 1 aromatic heterocycles. The minimum atomic E-state index is -0.853. The van der Waals surface area contributed by atoms with Gasteiger partial charge in [0.25, 0.3) is 0 Å². The zero-order chi connectivity index (χ0) is 23.3. The lowest BCUT2D eigenvalue weighted by Crippen LogP contribution is -2.52. The largest absolute Gasteiger partial charge is 0.355 e. The molecule has 2 heterocycles. The van der Waals surface area contributed by atoms with Crippen LogP contribution in [0, 0.1) is 31.0 Å². The first-order valence-electron chi connectivity index (χ1n) is 10.7. The van der Waals surface area contributed by atoms with Crippen LogP contribution in [-0.2, 0) is 16.0 Å². The zero-order valence-corrected chi connectivity index (χ0v) is 18.6. The molecule has 7 nitrogen and oxygen atoms in total. The van der Waals surface area contributed by atoms with E-state index in [4.69, 9.17) is 0 Å². The summed E-state index contributed by atoms with van der Waals surface area (Å²) in [5.41, 5.74) is 2.71. The maximum atomic E-state index is 14.1. The van der Waals surface area contributed by atoms with Gasteiger partial charge in [-0.05, 0) is 49.9 Å². The Bertz CT molecular complexity index is 1040. The Balaban J connectivity index is 1.64. The number of pyridine rings is 1. The van der Waals surface area contributed by atoms with Crippen LogP contribution in [-0.4, -0.2) is 42.0 Å². The second kappa shape index (κ2) is 10.2. The quantitative estimate of drug-likeness (QED) is 0.724. The van der Waals surface area contributed by atoms with E-state index in [9.17, 15) is 19.2 Å². The van der Waals surface area contributed by atoms with Crippen LogP contribution in [0.25, 0.3) is 0 Å². The SMILES string of the molecule is CC(=O)NC(Cc1ccccc1F)C(=O)NC1CCN(c2nc(C)cc(C)c2C#N)CC1. The monoisotopic (exact) mass is 437 g/mol. The van der Waals surface area contributed by atoms with Gasteiger partial charge in [0.05, 0.1) is 5.56 Å². The maximum Gasteiger partial charge on any atom is 0.243 e. The van der Waals surface area contributed by atoms with Crippen LogP contribution >= 0.6 is 0 Å². The predicted octanol–water partition coefficient (Wildman–Crippen LogP) is 2.54. The molecule has 0 radical (unpaired) electrons. The molecule has 0 saturated carbocycles. The number of nitrogens with one attached hydrogen (secondary N) is 2. The maximum absolute atomic E-state index is 14.1. The molecule has 0 spiro atoms. The molecule has 1 atom stereocenters. The van der Waals surface area contributed by atoms with Crippen molar-refractivity contribution in [1.82, 2.24) is 15.6 Å². The molecule has 1 fully saturated rings. The van der Waals surface area contributed by atoms with Crippen molar-refractivity contribution < 1.29 is 14.0 Å². The first-order chi connectivity index (χ1) is 15.3. The molecule has 8 heteroatoms.